The molecule has 0 saturated carbocycles. The zero-order chi connectivity index (χ0) is 22.1. The van der Waals surface area contributed by atoms with Crippen molar-refractivity contribution < 1.29 is 18.8 Å². The quantitative estimate of drug-likeness (QED) is 0.612. The molecule has 0 aliphatic carbocycles. The van der Waals surface area contributed by atoms with Gasteiger partial charge in [0.2, 0.25) is 0 Å². The van der Waals surface area contributed by atoms with Crippen LogP contribution < -0.4 is 10.2 Å². The second-order valence-corrected chi connectivity index (χ2v) is 8.07. The second-order valence-electron chi connectivity index (χ2n) is 8.07. The SMILES string of the molecule is COC(=O)c1ccc(N2CCCC2)c(NC(=O)c2cc(C(C)C)nc3onc(C)c23)c1. The van der Waals surface area contributed by atoms with Crippen molar-refractivity contribution in [1.29, 1.82) is 0 Å². The molecule has 2 aromatic heterocycles. The Morgan fingerprint density at radius 1 is 1.19 bits per heavy atom. The summed E-state index contributed by atoms with van der Waals surface area (Å²) < 4.78 is 10.2. The molecule has 8 nitrogen and oxygen atoms in total. The largest absolute Gasteiger partial charge is 0.465 e. The van der Waals surface area contributed by atoms with Gasteiger partial charge in [-0.3, -0.25) is 4.79 Å². The third-order valence-electron chi connectivity index (χ3n) is 5.59. The van der Waals surface area contributed by atoms with E-state index in [-0.39, 0.29) is 11.8 Å². The Kier molecular flexibility index (Phi) is 5.63. The standard InChI is InChI=1S/C23H26N4O4/c1-13(2)17-12-16(20-14(3)26-31-22(20)25-17)21(28)24-18-11-15(23(29)30-4)7-8-19(18)27-9-5-6-10-27/h7-8,11-13H,5-6,9-10H2,1-4H3,(H,24,28). The van der Waals surface area contributed by atoms with E-state index in [0.717, 1.165) is 37.3 Å². The predicted molar refractivity (Wildman–Crippen MR) is 118 cm³/mol. The van der Waals surface area contributed by atoms with Gasteiger partial charge in [-0.25, -0.2) is 9.78 Å². The summed E-state index contributed by atoms with van der Waals surface area (Å²) in [5.41, 5.74) is 3.97. The molecule has 3 aromatic rings. The van der Waals surface area contributed by atoms with Crippen LogP contribution >= 0.6 is 0 Å². The summed E-state index contributed by atoms with van der Waals surface area (Å²) in [4.78, 5) is 32.2. The van der Waals surface area contributed by atoms with Gasteiger partial charge in [0.05, 0.1) is 40.7 Å². The molecule has 0 bridgehead atoms. The molecule has 31 heavy (non-hydrogen) atoms. The molecule has 1 N–H and O–H groups in total. The maximum absolute atomic E-state index is 13.4. The number of aryl methyl sites for hydroxylation is 1. The summed E-state index contributed by atoms with van der Waals surface area (Å²) in [6.45, 7) is 7.60. The maximum Gasteiger partial charge on any atom is 0.337 e. The van der Waals surface area contributed by atoms with E-state index in [1.54, 1.807) is 25.1 Å². The molecule has 0 spiro atoms. The summed E-state index contributed by atoms with van der Waals surface area (Å²) >= 11 is 0. The number of carbonyl (C=O) groups excluding carboxylic acids is 2. The average Bonchev–Trinajstić information content (AvgIpc) is 3.42. The fraction of sp³-hybridized carbons (Fsp3) is 0.391. The predicted octanol–water partition coefficient (Wildman–Crippen LogP) is 4.29. The van der Waals surface area contributed by atoms with Crippen LogP contribution in [0.3, 0.4) is 0 Å². The summed E-state index contributed by atoms with van der Waals surface area (Å²) in [7, 11) is 1.34. The van der Waals surface area contributed by atoms with Crippen LogP contribution in [0.25, 0.3) is 11.1 Å². The molecule has 3 heterocycles. The Bertz CT molecular complexity index is 1150. The van der Waals surface area contributed by atoms with Crippen molar-refractivity contribution in [3.05, 3.63) is 46.8 Å². The number of nitrogens with zero attached hydrogens (tertiary/aromatic N) is 3. The molecule has 0 unspecified atom stereocenters. The zero-order valence-electron chi connectivity index (χ0n) is 18.2. The van der Waals surface area contributed by atoms with Gasteiger partial charge in [-0.1, -0.05) is 19.0 Å². The number of methoxy groups -OCH3 is 1. The fourth-order valence-corrected chi connectivity index (χ4v) is 3.89. The highest BCUT2D eigenvalue weighted by molar-refractivity contribution is 6.13. The monoisotopic (exact) mass is 422 g/mol. The van der Waals surface area contributed by atoms with Crippen molar-refractivity contribution in [3.63, 3.8) is 0 Å². The summed E-state index contributed by atoms with van der Waals surface area (Å²) in [6.07, 6.45) is 2.18. The third kappa shape index (κ3) is 3.97. The van der Waals surface area contributed by atoms with Gasteiger partial charge in [0.15, 0.2) is 0 Å². The van der Waals surface area contributed by atoms with Gasteiger partial charge >= 0.3 is 5.97 Å². The van der Waals surface area contributed by atoms with Crippen LogP contribution in [-0.4, -0.2) is 42.2 Å². The highest BCUT2D eigenvalue weighted by Crippen LogP contribution is 2.32. The number of benzene rings is 1. The second kappa shape index (κ2) is 8.37. The van der Waals surface area contributed by atoms with E-state index in [4.69, 9.17) is 9.26 Å². The first-order chi connectivity index (χ1) is 14.9. The molecule has 0 radical (unpaired) electrons. The number of fused-ring (bicyclic) bond motifs is 1. The molecular weight excluding hydrogens is 396 g/mol. The Morgan fingerprint density at radius 3 is 2.61 bits per heavy atom. The summed E-state index contributed by atoms with van der Waals surface area (Å²) in [5, 5.41) is 7.59. The number of anilines is 2. The topological polar surface area (TPSA) is 97.6 Å². The lowest BCUT2D eigenvalue weighted by atomic mass is 10.0. The molecule has 1 aliphatic heterocycles. The van der Waals surface area contributed by atoms with Gasteiger partial charge < -0.3 is 19.5 Å². The molecular formula is C23H26N4O4. The molecule has 4 rings (SSSR count). The van der Waals surface area contributed by atoms with Gasteiger partial charge in [-0.05, 0) is 49.9 Å². The number of amides is 1. The molecule has 1 aromatic carbocycles. The average molecular weight is 422 g/mol. The van der Waals surface area contributed by atoms with Crippen LogP contribution in [0.4, 0.5) is 11.4 Å². The molecule has 1 aliphatic rings. The summed E-state index contributed by atoms with van der Waals surface area (Å²) in [6, 6.07) is 7.03. The smallest absolute Gasteiger partial charge is 0.337 e. The Hall–Kier alpha value is -3.42. The van der Waals surface area contributed by atoms with Gasteiger partial charge in [0.25, 0.3) is 11.6 Å². The number of pyridine rings is 1. The van der Waals surface area contributed by atoms with Crippen LogP contribution in [0, 0.1) is 6.92 Å². The van der Waals surface area contributed by atoms with E-state index in [9.17, 15) is 9.59 Å². The lowest BCUT2D eigenvalue weighted by molar-refractivity contribution is 0.0600. The number of aromatic nitrogens is 2. The Balaban J connectivity index is 1.77. The first-order valence-electron chi connectivity index (χ1n) is 10.4. The van der Waals surface area contributed by atoms with Gasteiger partial charge in [0, 0.05) is 18.8 Å². The Labute approximate surface area is 180 Å². The van der Waals surface area contributed by atoms with E-state index < -0.39 is 5.97 Å². The van der Waals surface area contributed by atoms with Crippen LogP contribution in [-0.2, 0) is 4.74 Å². The number of carbonyl (C=O) groups is 2. The number of ether oxygens (including phenoxy) is 1. The third-order valence-corrected chi connectivity index (χ3v) is 5.59. The number of nitrogens with one attached hydrogen (secondary N) is 1. The molecule has 8 heteroatoms. The van der Waals surface area contributed by atoms with Crippen LogP contribution in [0.15, 0.2) is 28.8 Å². The van der Waals surface area contributed by atoms with E-state index in [2.05, 4.69) is 20.4 Å². The fourth-order valence-electron chi connectivity index (χ4n) is 3.89. The van der Waals surface area contributed by atoms with Crippen molar-refractivity contribution in [2.45, 2.75) is 39.5 Å². The Morgan fingerprint density at radius 2 is 1.94 bits per heavy atom. The minimum atomic E-state index is -0.452. The number of hydrogen-bond acceptors (Lipinski definition) is 7. The van der Waals surface area contributed by atoms with Gasteiger partial charge in [-0.15, -0.1) is 0 Å². The summed E-state index contributed by atoms with van der Waals surface area (Å²) in [5.74, 6) is -0.640. The molecule has 1 fully saturated rings. The van der Waals surface area contributed by atoms with E-state index in [1.165, 1.54) is 7.11 Å². The lowest BCUT2D eigenvalue weighted by Crippen LogP contribution is -2.22. The van der Waals surface area contributed by atoms with Crippen LogP contribution in [0.2, 0.25) is 0 Å². The first-order valence-corrected chi connectivity index (χ1v) is 10.4. The van der Waals surface area contributed by atoms with Gasteiger partial charge in [-0.2, -0.15) is 0 Å². The first kappa shape index (κ1) is 20.8. The number of hydrogen-bond donors (Lipinski definition) is 1. The number of rotatable bonds is 5. The van der Waals surface area contributed by atoms with Crippen molar-refractivity contribution in [2.75, 3.05) is 30.4 Å². The van der Waals surface area contributed by atoms with Crippen LogP contribution in [0.5, 0.6) is 0 Å². The van der Waals surface area contributed by atoms with E-state index in [1.807, 2.05) is 19.9 Å². The van der Waals surface area contributed by atoms with Crippen molar-refractivity contribution in [3.8, 4) is 0 Å². The number of esters is 1. The van der Waals surface area contributed by atoms with Crippen LogP contribution in [0.1, 0.15) is 64.7 Å². The highest BCUT2D eigenvalue weighted by Gasteiger charge is 2.23. The molecule has 0 atom stereocenters. The van der Waals surface area contributed by atoms with E-state index in [0.29, 0.717) is 33.6 Å². The zero-order valence-corrected chi connectivity index (χ0v) is 18.2. The normalized spacial score (nSPS) is 13.8. The lowest BCUT2D eigenvalue weighted by Gasteiger charge is -2.22. The molecule has 1 amide bonds. The van der Waals surface area contributed by atoms with Crippen molar-refractivity contribution >= 4 is 34.4 Å². The van der Waals surface area contributed by atoms with E-state index >= 15 is 0 Å². The minimum Gasteiger partial charge on any atom is -0.465 e. The van der Waals surface area contributed by atoms with Gasteiger partial charge in [0.1, 0.15) is 0 Å². The maximum atomic E-state index is 13.4. The highest BCUT2D eigenvalue weighted by atomic mass is 16.5. The molecule has 1 saturated heterocycles. The minimum absolute atomic E-state index is 0.115. The van der Waals surface area contributed by atoms with Crippen molar-refractivity contribution in [1.82, 2.24) is 10.1 Å². The van der Waals surface area contributed by atoms with Crippen molar-refractivity contribution in [2.24, 2.45) is 0 Å². The molecule has 162 valence electrons.